The number of nitrogens with two attached hydrogens (primary N) is 1. The van der Waals surface area contributed by atoms with Gasteiger partial charge in [-0.2, -0.15) is 0 Å². The van der Waals surface area contributed by atoms with Crippen molar-refractivity contribution in [2.24, 2.45) is 5.84 Å². The molecule has 2 rings (SSSR count). The Bertz CT molecular complexity index is 618. The van der Waals surface area contributed by atoms with Crippen LogP contribution in [0.4, 0.5) is 5.82 Å². The molecule has 1 aromatic heterocycles. The van der Waals surface area contributed by atoms with Crippen molar-refractivity contribution < 1.29 is 4.79 Å². The standard InChI is InChI=1S/C13H12BrClN4O/c14-9-5-11(12(19-16)17-7-9)13(20)18-6-8-1-3-10(15)4-2-8/h1-5,7H,6,16H2,(H,17,19)(H,18,20). The number of aromatic nitrogens is 1. The summed E-state index contributed by atoms with van der Waals surface area (Å²) in [6, 6.07) is 8.90. The maximum atomic E-state index is 12.1. The molecule has 104 valence electrons. The highest BCUT2D eigenvalue weighted by Gasteiger charge is 2.12. The summed E-state index contributed by atoms with van der Waals surface area (Å²) in [5.41, 5.74) is 3.72. The van der Waals surface area contributed by atoms with E-state index in [2.05, 4.69) is 31.7 Å². The van der Waals surface area contributed by atoms with E-state index in [4.69, 9.17) is 17.4 Å². The summed E-state index contributed by atoms with van der Waals surface area (Å²) in [4.78, 5) is 16.1. The lowest BCUT2D eigenvalue weighted by molar-refractivity contribution is 0.0951. The number of nitrogens with zero attached hydrogens (tertiary/aromatic N) is 1. The van der Waals surface area contributed by atoms with Gasteiger partial charge in [0.15, 0.2) is 5.82 Å². The number of hydrogen-bond acceptors (Lipinski definition) is 4. The molecule has 0 unspecified atom stereocenters. The van der Waals surface area contributed by atoms with Crippen LogP contribution in [0.3, 0.4) is 0 Å². The van der Waals surface area contributed by atoms with E-state index in [9.17, 15) is 4.79 Å². The van der Waals surface area contributed by atoms with Gasteiger partial charge in [-0.1, -0.05) is 23.7 Å². The zero-order valence-corrected chi connectivity index (χ0v) is 12.7. The molecule has 7 heteroatoms. The number of pyridine rings is 1. The van der Waals surface area contributed by atoms with Gasteiger partial charge in [0.05, 0.1) is 5.56 Å². The molecule has 5 nitrogen and oxygen atoms in total. The van der Waals surface area contributed by atoms with Crippen molar-refractivity contribution in [2.75, 3.05) is 5.43 Å². The Kier molecular flexibility index (Phi) is 4.94. The maximum absolute atomic E-state index is 12.1. The normalized spacial score (nSPS) is 10.2. The number of carbonyl (C=O) groups excluding carboxylic acids is 1. The summed E-state index contributed by atoms with van der Waals surface area (Å²) in [6.07, 6.45) is 1.56. The number of amides is 1. The fourth-order valence-corrected chi connectivity index (χ4v) is 2.06. The largest absolute Gasteiger partial charge is 0.348 e. The van der Waals surface area contributed by atoms with E-state index in [0.717, 1.165) is 5.56 Å². The number of carbonyl (C=O) groups is 1. The predicted octanol–water partition coefficient (Wildman–Crippen LogP) is 2.71. The van der Waals surface area contributed by atoms with Crippen LogP contribution in [0.25, 0.3) is 0 Å². The minimum absolute atomic E-state index is 0.262. The lowest BCUT2D eigenvalue weighted by Gasteiger charge is -2.09. The van der Waals surface area contributed by atoms with E-state index in [1.54, 1.807) is 24.4 Å². The smallest absolute Gasteiger partial charge is 0.255 e. The molecule has 0 aliphatic heterocycles. The lowest BCUT2D eigenvalue weighted by atomic mass is 10.2. The van der Waals surface area contributed by atoms with Crippen LogP contribution in [-0.2, 0) is 6.54 Å². The molecule has 1 heterocycles. The second-order valence-electron chi connectivity index (χ2n) is 4.00. The first kappa shape index (κ1) is 14.8. The molecular formula is C13H12BrClN4O. The first-order valence-electron chi connectivity index (χ1n) is 5.75. The Morgan fingerprint density at radius 3 is 2.70 bits per heavy atom. The van der Waals surface area contributed by atoms with Crippen molar-refractivity contribution in [3.05, 3.63) is 57.2 Å². The fraction of sp³-hybridized carbons (Fsp3) is 0.0769. The third kappa shape index (κ3) is 3.69. The average molecular weight is 356 g/mol. The van der Waals surface area contributed by atoms with Gasteiger partial charge < -0.3 is 10.7 Å². The SMILES string of the molecule is NNc1ncc(Br)cc1C(=O)NCc1ccc(Cl)cc1. The van der Waals surface area contributed by atoms with E-state index in [0.29, 0.717) is 27.4 Å². The van der Waals surface area contributed by atoms with Crippen LogP contribution in [0.1, 0.15) is 15.9 Å². The van der Waals surface area contributed by atoms with Gasteiger partial charge in [0.1, 0.15) is 0 Å². The number of hydrazine groups is 1. The minimum Gasteiger partial charge on any atom is -0.348 e. The van der Waals surface area contributed by atoms with E-state index in [1.165, 1.54) is 0 Å². The van der Waals surface area contributed by atoms with E-state index in [1.807, 2.05) is 12.1 Å². The molecule has 0 radical (unpaired) electrons. The molecule has 0 saturated carbocycles. The van der Waals surface area contributed by atoms with E-state index in [-0.39, 0.29) is 5.91 Å². The first-order chi connectivity index (χ1) is 9.60. The molecule has 1 amide bonds. The zero-order valence-electron chi connectivity index (χ0n) is 10.4. The van der Waals surface area contributed by atoms with Gasteiger partial charge in [0.2, 0.25) is 0 Å². The van der Waals surface area contributed by atoms with E-state index >= 15 is 0 Å². The van der Waals surface area contributed by atoms with Crippen LogP contribution in [0.2, 0.25) is 5.02 Å². The number of anilines is 1. The number of rotatable bonds is 4. The van der Waals surface area contributed by atoms with Crippen LogP contribution in [0.5, 0.6) is 0 Å². The summed E-state index contributed by atoms with van der Waals surface area (Å²) in [6.45, 7) is 0.395. The van der Waals surface area contributed by atoms with Gasteiger partial charge >= 0.3 is 0 Å². The van der Waals surface area contributed by atoms with Crippen molar-refractivity contribution in [3.63, 3.8) is 0 Å². The van der Waals surface area contributed by atoms with Crippen LogP contribution in [0, 0.1) is 0 Å². The monoisotopic (exact) mass is 354 g/mol. The Labute approximate surface area is 129 Å². The Morgan fingerprint density at radius 1 is 1.35 bits per heavy atom. The van der Waals surface area contributed by atoms with Crippen LogP contribution < -0.4 is 16.6 Å². The summed E-state index contributed by atoms with van der Waals surface area (Å²) in [7, 11) is 0. The minimum atomic E-state index is -0.262. The van der Waals surface area contributed by atoms with Gasteiger partial charge in [0, 0.05) is 22.2 Å². The van der Waals surface area contributed by atoms with Crippen molar-refractivity contribution >= 4 is 39.3 Å². The predicted molar refractivity (Wildman–Crippen MR) is 82.4 cm³/mol. The quantitative estimate of drug-likeness (QED) is 0.582. The summed E-state index contributed by atoms with van der Waals surface area (Å²) < 4.78 is 0.702. The van der Waals surface area contributed by atoms with Gasteiger partial charge in [0.25, 0.3) is 5.91 Å². The molecule has 0 aliphatic rings. The van der Waals surface area contributed by atoms with Gasteiger partial charge in [-0.05, 0) is 39.7 Å². The number of benzene rings is 1. The fourth-order valence-electron chi connectivity index (χ4n) is 1.61. The highest BCUT2D eigenvalue weighted by atomic mass is 79.9. The number of nitrogens with one attached hydrogen (secondary N) is 2. The topological polar surface area (TPSA) is 80.0 Å². The van der Waals surface area contributed by atoms with Crippen LogP contribution >= 0.6 is 27.5 Å². The molecular weight excluding hydrogens is 344 g/mol. The Balaban J connectivity index is 2.08. The van der Waals surface area contributed by atoms with Gasteiger partial charge in [-0.25, -0.2) is 10.8 Å². The van der Waals surface area contributed by atoms with Crippen molar-refractivity contribution in [1.29, 1.82) is 0 Å². The summed E-state index contributed by atoms with van der Waals surface area (Å²) >= 11 is 9.08. The van der Waals surface area contributed by atoms with Gasteiger partial charge in [-0.3, -0.25) is 4.79 Å². The average Bonchev–Trinajstić information content (AvgIpc) is 2.46. The zero-order chi connectivity index (χ0) is 14.5. The summed E-state index contributed by atoms with van der Waals surface area (Å²) in [5.74, 6) is 5.40. The summed E-state index contributed by atoms with van der Waals surface area (Å²) in [5, 5.41) is 3.46. The molecule has 4 N–H and O–H groups in total. The molecule has 0 aliphatic carbocycles. The molecule has 0 spiro atoms. The van der Waals surface area contributed by atoms with Crippen molar-refractivity contribution in [2.45, 2.75) is 6.54 Å². The molecule has 2 aromatic rings. The molecule has 0 bridgehead atoms. The molecule has 20 heavy (non-hydrogen) atoms. The van der Waals surface area contributed by atoms with Gasteiger partial charge in [-0.15, -0.1) is 0 Å². The van der Waals surface area contributed by atoms with Crippen molar-refractivity contribution in [3.8, 4) is 0 Å². The van der Waals surface area contributed by atoms with Crippen LogP contribution in [-0.4, -0.2) is 10.9 Å². The lowest BCUT2D eigenvalue weighted by Crippen LogP contribution is -2.25. The second-order valence-corrected chi connectivity index (χ2v) is 5.36. The highest BCUT2D eigenvalue weighted by Crippen LogP contribution is 2.17. The Hall–Kier alpha value is -1.63. The molecule has 0 saturated heterocycles. The van der Waals surface area contributed by atoms with Crippen LogP contribution in [0.15, 0.2) is 41.0 Å². The molecule has 1 aromatic carbocycles. The highest BCUT2D eigenvalue weighted by molar-refractivity contribution is 9.10. The number of halogens is 2. The van der Waals surface area contributed by atoms with E-state index < -0.39 is 0 Å². The molecule has 0 fully saturated rings. The Morgan fingerprint density at radius 2 is 2.05 bits per heavy atom. The molecule has 0 atom stereocenters. The second kappa shape index (κ2) is 6.69. The maximum Gasteiger partial charge on any atom is 0.255 e. The first-order valence-corrected chi connectivity index (χ1v) is 6.92. The third-order valence-electron chi connectivity index (χ3n) is 2.60. The van der Waals surface area contributed by atoms with Crippen molar-refractivity contribution in [1.82, 2.24) is 10.3 Å². The third-order valence-corrected chi connectivity index (χ3v) is 3.29. The number of nitrogen functional groups attached to an aromatic ring is 1. The number of hydrogen-bond donors (Lipinski definition) is 3.